The van der Waals surface area contributed by atoms with Gasteiger partial charge in [-0.05, 0) is 0 Å². The Bertz CT molecular complexity index is 39.2. The quantitative estimate of drug-likeness (QED) is 0.430. The van der Waals surface area contributed by atoms with Crippen LogP contribution < -0.4 is 5.11 Å². The van der Waals surface area contributed by atoms with Gasteiger partial charge in [-0.2, -0.15) is 0 Å². The Kier molecular flexibility index (Phi) is 42.4. The number of hydrogen-bond donors (Lipinski definition) is 1. The maximum Gasteiger partial charge on any atom is 2.00 e. The third-order valence-corrected chi connectivity index (χ3v) is 0.498. The van der Waals surface area contributed by atoms with Crippen LogP contribution in [0.5, 0.6) is 0 Å². The molecule has 0 amide bonds. The third-order valence-electron chi connectivity index (χ3n) is 0.498. The number of rotatable bonds is 2. The van der Waals surface area contributed by atoms with Crippen LogP contribution in [0, 0.1) is 0 Å². The molecule has 0 aliphatic carbocycles. The van der Waals surface area contributed by atoms with E-state index in [1.807, 2.05) is 6.92 Å². The molecular formula is C5H10CaO3. The average molecular weight is 158 g/mol. The van der Waals surface area contributed by atoms with E-state index < -0.39 is 0 Å². The predicted octanol–water partition coefficient (Wildman–Crippen LogP) is -0.622. The standard InChI is InChI=1S/C4H9O.CHO2.Ca/c1-2-3-4-5;2-1-3;/h2-4H2,1H3;(H,2,3);/q2*-1;+2. The number of hydrogen-bond acceptors (Lipinski definition) is 2. The molecular weight excluding hydrogens is 148 g/mol. The molecule has 0 aliphatic rings. The van der Waals surface area contributed by atoms with Crippen LogP contribution in [0.3, 0.4) is 0 Å². The molecule has 0 saturated carbocycles. The molecule has 0 bridgehead atoms. The second-order valence-corrected chi connectivity index (χ2v) is 1.15. The second kappa shape index (κ2) is 23.4. The Labute approximate surface area is 85.1 Å². The summed E-state index contributed by atoms with van der Waals surface area (Å²) in [4.78, 5) is 8.24. The van der Waals surface area contributed by atoms with Crippen molar-refractivity contribution in [1.29, 1.82) is 0 Å². The van der Waals surface area contributed by atoms with Crippen LogP contribution in [0.1, 0.15) is 19.8 Å². The predicted molar refractivity (Wildman–Crippen MR) is 33.9 cm³/mol. The first-order valence-corrected chi connectivity index (χ1v) is 2.42. The fraction of sp³-hybridized carbons (Fsp3) is 0.800. The van der Waals surface area contributed by atoms with Crippen molar-refractivity contribution in [2.75, 3.05) is 6.61 Å². The van der Waals surface area contributed by atoms with E-state index in [4.69, 9.17) is 9.90 Å². The summed E-state index contributed by atoms with van der Waals surface area (Å²) in [7, 11) is 0. The summed E-state index contributed by atoms with van der Waals surface area (Å²) in [6.45, 7) is 2.61. The molecule has 0 aromatic carbocycles. The molecule has 0 saturated heterocycles. The molecule has 0 aromatic rings. The van der Waals surface area contributed by atoms with E-state index in [0.717, 1.165) is 12.8 Å². The van der Waals surface area contributed by atoms with E-state index in [9.17, 15) is 5.11 Å². The molecule has 9 heavy (non-hydrogen) atoms. The maximum atomic E-state index is 9.53. The van der Waals surface area contributed by atoms with Crippen LogP contribution in [0.2, 0.25) is 0 Å². The van der Waals surface area contributed by atoms with Gasteiger partial charge in [-0.15, -0.1) is 6.61 Å². The van der Waals surface area contributed by atoms with E-state index >= 15 is 0 Å². The number of aliphatic hydroxyl groups excluding tert-OH is 1. The average Bonchev–Trinajstić information content (AvgIpc) is 1.71. The largest absolute Gasteiger partial charge is 2.00 e. The normalized spacial score (nSPS) is 6.00. The van der Waals surface area contributed by atoms with Crippen LogP contribution in [-0.4, -0.2) is 55.9 Å². The van der Waals surface area contributed by atoms with Gasteiger partial charge in [0.1, 0.15) is 0 Å². The Morgan fingerprint density at radius 2 is 2.00 bits per heavy atom. The minimum absolute atomic E-state index is 0. The zero-order valence-corrected chi connectivity index (χ0v) is 7.80. The molecule has 0 heterocycles. The monoisotopic (exact) mass is 158 g/mol. The zero-order valence-electron chi connectivity index (χ0n) is 5.59. The minimum atomic E-state index is 0. The Morgan fingerprint density at radius 3 is 2.00 bits per heavy atom. The fourth-order valence-electron chi connectivity index (χ4n) is 0.144. The molecule has 0 rings (SSSR count). The number of unbranched alkanes of at least 4 members (excludes halogenated alkanes) is 1. The van der Waals surface area contributed by atoms with E-state index in [2.05, 4.69) is 0 Å². The molecule has 1 N–H and O–H groups in total. The van der Waals surface area contributed by atoms with Crippen LogP contribution in [0.15, 0.2) is 0 Å². The van der Waals surface area contributed by atoms with Gasteiger partial charge in [0.2, 0.25) is 0 Å². The van der Waals surface area contributed by atoms with Gasteiger partial charge in [0, 0.05) is 0 Å². The maximum absolute atomic E-state index is 9.53. The topological polar surface area (TPSA) is 60.4 Å². The molecule has 4 heteroatoms. The summed E-state index contributed by atoms with van der Waals surface area (Å²) in [6, 6.07) is 0. The van der Waals surface area contributed by atoms with Crippen molar-refractivity contribution in [2.45, 2.75) is 19.8 Å². The molecule has 0 aromatic heterocycles. The van der Waals surface area contributed by atoms with E-state index in [1.165, 1.54) is 0 Å². The van der Waals surface area contributed by atoms with Crippen molar-refractivity contribution in [3.05, 3.63) is 0 Å². The van der Waals surface area contributed by atoms with Gasteiger partial charge in [0.15, 0.2) is 0 Å². The van der Waals surface area contributed by atoms with Crippen molar-refractivity contribution in [1.82, 2.24) is 0 Å². The van der Waals surface area contributed by atoms with Gasteiger partial charge < -0.3 is 15.0 Å². The van der Waals surface area contributed by atoms with Crippen molar-refractivity contribution >= 4 is 44.2 Å². The molecule has 0 atom stereocenters. The van der Waals surface area contributed by atoms with Crippen LogP contribution >= 0.6 is 0 Å². The summed E-state index contributed by atoms with van der Waals surface area (Å²) in [6.07, 6.45) is 1.86. The van der Waals surface area contributed by atoms with Crippen molar-refractivity contribution in [2.24, 2.45) is 0 Å². The Morgan fingerprint density at radius 1 is 1.67 bits per heavy atom. The summed E-state index contributed by atoms with van der Waals surface area (Å²) in [5.74, 6) is 0. The van der Waals surface area contributed by atoms with Crippen LogP contribution in [0.25, 0.3) is 0 Å². The van der Waals surface area contributed by atoms with Gasteiger partial charge in [-0.3, -0.25) is 0 Å². The molecule has 0 unspecified atom stereocenters. The van der Waals surface area contributed by atoms with Crippen molar-refractivity contribution < 1.29 is 15.0 Å². The second-order valence-electron chi connectivity index (χ2n) is 1.15. The van der Waals surface area contributed by atoms with Gasteiger partial charge in [-0.1, -0.05) is 26.2 Å². The first kappa shape index (κ1) is 16.3. The molecule has 50 valence electrons. The third kappa shape index (κ3) is 53.8. The van der Waals surface area contributed by atoms with Gasteiger partial charge in [-0.25, -0.2) is 0 Å². The molecule has 0 aliphatic heterocycles. The van der Waals surface area contributed by atoms with Crippen molar-refractivity contribution in [3.63, 3.8) is 0 Å². The van der Waals surface area contributed by atoms with Gasteiger partial charge in [0.05, 0.1) is 0 Å². The van der Waals surface area contributed by atoms with Gasteiger partial charge in [0.25, 0.3) is 0 Å². The molecule has 0 spiro atoms. The molecule has 0 radical (unpaired) electrons. The zero-order chi connectivity index (χ0) is 6.83. The SMILES string of the molecule is CCCC[O-].O=[C-]O.[Ca+2]. The molecule has 3 nitrogen and oxygen atoms in total. The van der Waals surface area contributed by atoms with Crippen LogP contribution in [-0.2, 0) is 4.79 Å². The summed E-state index contributed by atoms with van der Waals surface area (Å²) in [5, 5.41) is 16.3. The summed E-state index contributed by atoms with van der Waals surface area (Å²) < 4.78 is 0. The summed E-state index contributed by atoms with van der Waals surface area (Å²) in [5.41, 5.74) is 0. The first-order chi connectivity index (χ1) is 3.83. The first-order valence-electron chi connectivity index (χ1n) is 2.42. The minimum Gasteiger partial charge on any atom is -0.854 e. The van der Waals surface area contributed by atoms with Crippen molar-refractivity contribution in [3.8, 4) is 0 Å². The Hall–Kier alpha value is 0.690. The molecule has 0 fully saturated rings. The Balaban J connectivity index is -0.0000000800. The van der Waals surface area contributed by atoms with E-state index in [-0.39, 0.29) is 44.3 Å². The van der Waals surface area contributed by atoms with Crippen LogP contribution in [0.4, 0.5) is 0 Å². The summed E-state index contributed by atoms with van der Waals surface area (Å²) >= 11 is 0. The van der Waals surface area contributed by atoms with Gasteiger partial charge >= 0.3 is 37.7 Å². The van der Waals surface area contributed by atoms with E-state index in [0.29, 0.717) is 6.47 Å². The fourth-order valence-corrected chi connectivity index (χ4v) is 0.144. The van der Waals surface area contributed by atoms with E-state index in [1.54, 1.807) is 0 Å². The smallest absolute Gasteiger partial charge is 0.854 e.